The number of hydrogen-bond acceptors (Lipinski definition) is 7. The lowest BCUT2D eigenvalue weighted by Gasteiger charge is -2.46. The van der Waals surface area contributed by atoms with Gasteiger partial charge in [-0.3, -0.25) is 19.8 Å². The second kappa shape index (κ2) is 10.6. The number of carbonyl (C=O) groups is 2. The van der Waals surface area contributed by atoms with Gasteiger partial charge in [0.1, 0.15) is 5.60 Å². The Morgan fingerprint density at radius 2 is 1.79 bits per heavy atom. The van der Waals surface area contributed by atoms with Gasteiger partial charge in [0.05, 0.1) is 15.9 Å². The molecule has 0 bridgehead atoms. The van der Waals surface area contributed by atoms with E-state index < -0.39 is 39.8 Å². The largest absolute Gasteiger partial charge is 0.481 e. The Hall–Kier alpha value is -3.72. The van der Waals surface area contributed by atoms with Gasteiger partial charge in [0.15, 0.2) is 0 Å². The number of piperidine rings is 1. The fourth-order valence-electron chi connectivity index (χ4n) is 5.64. The van der Waals surface area contributed by atoms with Crippen LogP contribution < -0.4 is 5.32 Å². The van der Waals surface area contributed by atoms with Crippen molar-refractivity contribution in [3.8, 4) is 0 Å². The van der Waals surface area contributed by atoms with Gasteiger partial charge in [-0.15, -0.1) is 0 Å². The number of nitro groups is 1. The number of ether oxygens (including phenoxy) is 1. The van der Waals surface area contributed by atoms with Gasteiger partial charge < -0.3 is 15.2 Å². The molecule has 202 valence electrons. The maximum atomic E-state index is 13.8. The molecule has 9 heteroatoms. The summed E-state index contributed by atoms with van der Waals surface area (Å²) >= 11 is 0. The smallest absolute Gasteiger partial charge is 0.336 e. The van der Waals surface area contributed by atoms with E-state index in [9.17, 15) is 24.8 Å². The first-order valence-electron chi connectivity index (χ1n) is 12.9. The van der Waals surface area contributed by atoms with Crippen molar-refractivity contribution in [2.24, 2.45) is 5.41 Å². The highest BCUT2D eigenvalue weighted by molar-refractivity contribution is 5.94. The molecule has 1 saturated heterocycles. The molecule has 9 nitrogen and oxygen atoms in total. The number of carbonyl (C=O) groups excluding carboxylic acids is 1. The van der Waals surface area contributed by atoms with Gasteiger partial charge in [0.2, 0.25) is 0 Å². The minimum Gasteiger partial charge on any atom is -0.481 e. The zero-order valence-corrected chi connectivity index (χ0v) is 22.3. The molecular weight excluding hydrogens is 486 g/mol. The number of likely N-dealkylation sites (tertiary alicyclic amines) is 1. The molecule has 2 aliphatic heterocycles. The van der Waals surface area contributed by atoms with Gasteiger partial charge in [-0.05, 0) is 51.7 Å². The average molecular weight is 522 g/mol. The molecule has 3 unspecified atom stereocenters. The van der Waals surface area contributed by atoms with Crippen LogP contribution in [0.5, 0.6) is 0 Å². The van der Waals surface area contributed by atoms with E-state index in [1.54, 1.807) is 26.8 Å². The van der Waals surface area contributed by atoms with Gasteiger partial charge in [-0.2, -0.15) is 0 Å². The first-order chi connectivity index (χ1) is 17.9. The summed E-state index contributed by atoms with van der Waals surface area (Å²) < 4.78 is 6.13. The topological polar surface area (TPSA) is 122 Å². The highest BCUT2D eigenvalue weighted by atomic mass is 16.6. The summed E-state index contributed by atoms with van der Waals surface area (Å²) in [6.45, 7) is 9.29. The predicted molar refractivity (Wildman–Crippen MR) is 142 cm³/mol. The van der Waals surface area contributed by atoms with Gasteiger partial charge in [0.25, 0.3) is 5.69 Å². The summed E-state index contributed by atoms with van der Waals surface area (Å²) in [7, 11) is 0. The molecule has 2 aromatic rings. The normalized spacial score (nSPS) is 25.4. The van der Waals surface area contributed by atoms with Crippen molar-refractivity contribution >= 4 is 17.6 Å². The standard InChI is InChI=1S/C29H35N3O6/c1-19-24(26(33)38-28(3)13-15-31(16-14-28)18-21-9-6-5-7-10-21)25(29(4,27(34)35)20(2)30-19)22-11-8-12-23(17-22)32(36)37/h5-12,17,20,25,30H,13-16,18H2,1-4H3,(H,34,35). The number of carboxylic acids is 1. The molecule has 38 heavy (non-hydrogen) atoms. The molecule has 0 aliphatic carbocycles. The lowest BCUT2D eigenvalue weighted by molar-refractivity contribution is -0.384. The average Bonchev–Trinajstić information content (AvgIpc) is 2.88. The molecule has 0 spiro atoms. The number of benzene rings is 2. The SMILES string of the molecule is CC1=C(C(=O)OC2(C)CCN(Cc3ccccc3)CC2)C(c2cccc([N+](=O)[O-])c2)C(C)(C(=O)O)C(C)N1. The number of rotatable bonds is 7. The van der Waals surface area contributed by atoms with Gasteiger partial charge in [-0.25, -0.2) is 4.79 Å². The lowest BCUT2D eigenvalue weighted by Crippen LogP contribution is -2.55. The number of carboxylic acid groups (broad SMARTS) is 1. The first kappa shape index (κ1) is 27.3. The summed E-state index contributed by atoms with van der Waals surface area (Å²) in [5, 5.41) is 25.0. The van der Waals surface area contributed by atoms with E-state index in [1.165, 1.54) is 23.8 Å². The minimum absolute atomic E-state index is 0.162. The van der Waals surface area contributed by atoms with E-state index >= 15 is 0 Å². The Morgan fingerprint density at radius 1 is 1.13 bits per heavy atom. The number of non-ortho nitro benzene ring substituents is 1. The molecule has 0 aromatic heterocycles. The number of nitrogens with zero attached hydrogens (tertiary/aromatic N) is 2. The van der Waals surface area contributed by atoms with Crippen LogP contribution in [0, 0.1) is 15.5 Å². The fraction of sp³-hybridized carbons (Fsp3) is 0.448. The molecule has 3 atom stereocenters. The Morgan fingerprint density at radius 3 is 2.39 bits per heavy atom. The van der Waals surface area contributed by atoms with Crippen LogP contribution in [0.4, 0.5) is 5.69 Å². The highest BCUT2D eigenvalue weighted by Gasteiger charge is 2.54. The van der Waals surface area contributed by atoms with E-state index in [1.807, 2.05) is 25.1 Å². The summed E-state index contributed by atoms with van der Waals surface area (Å²) in [4.78, 5) is 39.8. The van der Waals surface area contributed by atoms with Crippen molar-refractivity contribution in [2.75, 3.05) is 13.1 Å². The maximum Gasteiger partial charge on any atom is 0.336 e. The zero-order valence-electron chi connectivity index (χ0n) is 22.3. The van der Waals surface area contributed by atoms with Crippen molar-refractivity contribution in [1.82, 2.24) is 10.2 Å². The van der Waals surface area contributed by atoms with Crippen LogP contribution in [0.2, 0.25) is 0 Å². The molecular formula is C29H35N3O6. The van der Waals surface area contributed by atoms with Crippen LogP contribution in [-0.2, 0) is 20.9 Å². The third-order valence-corrected chi connectivity index (χ3v) is 8.22. The summed E-state index contributed by atoms with van der Waals surface area (Å²) in [5.74, 6) is -2.64. The monoisotopic (exact) mass is 521 g/mol. The van der Waals surface area contributed by atoms with E-state index in [-0.39, 0.29) is 11.3 Å². The third kappa shape index (κ3) is 5.29. The Kier molecular flexibility index (Phi) is 7.60. The maximum absolute atomic E-state index is 13.8. The van der Waals surface area contributed by atoms with E-state index in [4.69, 9.17) is 4.74 Å². The lowest BCUT2D eigenvalue weighted by atomic mass is 9.63. The molecule has 2 N–H and O–H groups in total. The summed E-state index contributed by atoms with van der Waals surface area (Å²) in [6, 6.07) is 15.5. The van der Waals surface area contributed by atoms with Crippen molar-refractivity contribution in [3.05, 3.63) is 87.1 Å². The highest BCUT2D eigenvalue weighted by Crippen LogP contribution is 2.49. The van der Waals surface area contributed by atoms with Crippen LogP contribution in [0.1, 0.15) is 57.6 Å². The van der Waals surface area contributed by atoms with Crippen LogP contribution in [0.3, 0.4) is 0 Å². The zero-order chi connectivity index (χ0) is 27.7. The van der Waals surface area contributed by atoms with Crippen LogP contribution >= 0.6 is 0 Å². The number of allylic oxidation sites excluding steroid dienone is 1. The quantitative estimate of drug-likeness (QED) is 0.307. The number of hydrogen-bond donors (Lipinski definition) is 2. The van der Waals surface area contributed by atoms with Crippen molar-refractivity contribution < 1.29 is 24.4 Å². The van der Waals surface area contributed by atoms with Gasteiger partial charge in [-0.1, -0.05) is 42.5 Å². The molecule has 0 radical (unpaired) electrons. The number of nitro benzene ring substituents is 1. The molecule has 4 rings (SSSR count). The number of esters is 1. The second-order valence-electron chi connectivity index (χ2n) is 10.9. The van der Waals surface area contributed by atoms with Gasteiger partial charge in [0, 0.05) is 49.4 Å². The first-order valence-corrected chi connectivity index (χ1v) is 12.9. The molecule has 2 heterocycles. The van der Waals surface area contributed by atoms with Crippen molar-refractivity contribution in [2.45, 2.75) is 64.6 Å². The molecule has 2 aromatic carbocycles. The van der Waals surface area contributed by atoms with E-state index in [0.29, 0.717) is 24.1 Å². The van der Waals surface area contributed by atoms with Gasteiger partial charge >= 0.3 is 11.9 Å². The van der Waals surface area contributed by atoms with Crippen LogP contribution in [-0.4, -0.2) is 51.6 Å². The minimum atomic E-state index is -1.46. The predicted octanol–water partition coefficient (Wildman–Crippen LogP) is 4.63. The summed E-state index contributed by atoms with van der Waals surface area (Å²) in [5.41, 5.74) is 0.000652. The van der Waals surface area contributed by atoms with Crippen molar-refractivity contribution in [1.29, 1.82) is 0 Å². The second-order valence-corrected chi connectivity index (χ2v) is 10.9. The molecule has 0 saturated carbocycles. The van der Waals surface area contributed by atoms with E-state index in [2.05, 4.69) is 22.3 Å². The third-order valence-electron chi connectivity index (χ3n) is 8.22. The number of aliphatic carboxylic acids is 1. The molecule has 2 aliphatic rings. The van der Waals surface area contributed by atoms with Crippen molar-refractivity contribution in [3.63, 3.8) is 0 Å². The van der Waals surface area contributed by atoms with Crippen LogP contribution in [0.25, 0.3) is 0 Å². The number of nitrogens with one attached hydrogen (secondary N) is 1. The Balaban J connectivity index is 1.61. The summed E-state index contributed by atoms with van der Waals surface area (Å²) in [6.07, 6.45) is 1.28. The van der Waals surface area contributed by atoms with Crippen LogP contribution in [0.15, 0.2) is 65.9 Å². The molecule has 1 fully saturated rings. The molecule has 0 amide bonds. The Labute approximate surface area is 222 Å². The Bertz CT molecular complexity index is 1250. The van der Waals surface area contributed by atoms with E-state index in [0.717, 1.165) is 19.6 Å². The fourth-order valence-corrected chi connectivity index (χ4v) is 5.64.